The third-order valence-electron chi connectivity index (χ3n) is 3.74. The Morgan fingerprint density at radius 3 is 2.37 bits per heavy atom. The van der Waals surface area contributed by atoms with Crippen molar-refractivity contribution in [3.05, 3.63) is 35.4 Å². The summed E-state index contributed by atoms with van der Waals surface area (Å²) in [6.45, 7) is 2.08. The van der Waals surface area contributed by atoms with Gasteiger partial charge in [-0.05, 0) is 50.3 Å². The monoisotopic (exact) mass is 261 g/mol. The van der Waals surface area contributed by atoms with Gasteiger partial charge in [-0.25, -0.2) is 4.79 Å². The van der Waals surface area contributed by atoms with Crippen LogP contribution in [0.15, 0.2) is 24.3 Å². The van der Waals surface area contributed by atoms with E-state index in [2.05, 4.69) is 12.2 Å². The topological polar surface area (TPSA) is 66.4 Å². The van der Waals surface area contributed by atoms with Gasteiger partial charge in [0.1, 0.15) is 0 Å². The van der Waals surface area contributed by atoms with Crippen LogP contribution in [-0.4, -0.2) is 22.5 Å². The molecule has 0 radical (unpaired) electrons. The van der Waals surface area contributed by atoms with Crippen LogP contribution in [0.25, 0.3) is 0 Å². The predicted molar refractivity (Wildman–Crippen MR) is 72.1 cm³/mol. The van der Waals surface area contributed by atoms with Crippen molar-refractivity contribution in [1.82, 2.24) is 5.32 Å². The van der Waals surface area contributed by atoms with E-state index < -0.39 is 5.97 Å². The molecule has 0 spiro atoms. The molecule has 0 unspecified atom stereocenters. The van der Waals surface area contributed by atoms with Crippen molar-refractivity contribution in [2.75, 3.05) is 0 Å². The third kappa shape index (κ3) is 3.56. The van der Waals surface area contributed by atoms with Gasteiger partial charge < -0.3 is 10.4 Å². The normalized spacial score (nSPS) is 16.5. The minimum Gasteiger partial charge on any atom is -0.478 e. The van der Waals surface area contributed by atoms with Crippen molar-refractivity contribution in [1.29, 1.82) is 0 Å². The fourth-order valence-electron chi connectivity index (χ4n) is 2.30. The van der Waals surface area contributed by atoms with Gasteiger partial charge >= 0.3 is 5.97 Å². The van der Waals surface area contributed by atoms with Crippen LogP contribution in [0.1, 0.15) is 48.5 Å². The smallest absolute Gasteiger partial charge is 0.335 e. The van der Waals surface area contributed by atoms with Gasteiger partial charge in [0.25, 0.3) is 0 Å². The van der Waals surface area contributed by atoms with Gasteiger partial charge in [0, 0.05) is 12.0 Å². The van der Waals surface area contributed by atoms with E-state index in [4.69, 9.17) is 5.11 Å². The number of aryl methyl sites for hydroxylation is 1. The van der Waals surface area contributed by atoms with Gasteiger partial charge in [-0.3, -0.25) is 4.79 Å². The molecule has 1 amide bonds. The first-order chi connectivity index (χ1) is 8.98. The van der Waals surface area contributed by atoms with Gasteiger partial charge in [-0.2, -0.15) is 0 Å². The number of aromatic carboxylic acids is 1. The molecule has 1 aliphatic rings. The van der Waals surface area contributed by atoms with Crippen molar-refractivity contribution < 1.29 is 14.7 Å². The van der Waals surface area contributed by atoms with Crippen LogP contribution in [-0.2, 0) is 11.2 Å². The minimum atomic E-state index is -0.929. The summed E-state index contributed by atoms with van der Waals surface area (Å²) in [7, 11) is 0. The summed E-state index contributed by atoms with van der Waals surface area (Å²) in [5, 5.41) is 11.9. The number of rotatable bonds is 5. The highest BCUT2D eigenvalue weighted by atomic mass is 16.4. The molecule has 1 aromatic carbocycles. The molecule has 0 aromatic heterocycles. The molecule has 0 atom stereocenters. The Morgan fingerprint density at radius 1 is 1.26 bits per heavy atom. The molecule has 2 rings (SSSR count). The van der Waals surface area contributed by atoms with Crippen molar-refractivity contribution in [3.63, 3.8) is 0 Å². The van der Waals surface area contributed by atoms with Crippen LogP contribution in [0.5, 0.6) is 0 Å². The van der Waals surface area contributed by atoms with Crippen molar-refractivity contribution in [2.45, 2.75) is 44.6 Å². The average Bonchev–Trinajstić information content (AvgIpc) is 2.35. The van der Waals surface area contributed by atoms with Crippen LogP contribution in [0.4, 0.5) is 0 Å². The summed E-state index contributed by atoms with van der Waals surface area (Å²) in [6.07, 6.45) is 4.40. The second kappa shape index (κ2) is 5.43. The molecule has 0 aliphatic heterocycles. The fourth-order valence-corrected chi connectivity index (χ4v) is 2.30. The Bertz CT molecular complexity index is 475. The molecule has 0 bridgehead atoms. The molecule has 2 N–H and O–H groups in total. The minimum absolute atomic E-state index is 0.00421. The first kappa shape index (κ1) is 13.6. The van der Waals surface area contributed by atoms with E-state index in [1.54, 1.807) is 24.3 Å². The number of carboxylic acid groups (broad SMARTS) is 1. The standard InChI is InChI=1S/C15H19NO3/c1-15(9-2-10-15)16-13(17)8-5-11-3-6-12(7-4-11)14(18)19/h3-4,6-7H,2,5,8-10H2,1H3,(H,16,17)(H,18,19). The van der Waals surface area contributed by atoms with E-state index in [9.17, 15) is 9.59 Å². The predicted octanol–water partition coefficient (Wildman–Crippen LogP) is 2.38. The number of benzene rings is 1. The van der Waals surface area contributed by atoms with E-state index in [-0.39, 0.29) is 17.0 Å². The molecule has 19 heavy (non-hydrogen) atoms. The fraction of sp³-hybridized carbons (Fsp3) is 0.467. The maximum Gasteiger partial charge on any atom is 0.335 e. The molecule has 0 saturated heterocycles. The Hall–Kier alpha value is -1.84. The zero-order valence-electron chi connectivity index (χ0n) is 11.1. The van der Waals surface area contributed by atoms with Crippen molar-refractivity contribution in [2.24, 2.45) is 0 Å². The second-order valence-corrected chi connectivity index (χ2v) is 5.46. The highest BCUT2D eigenvalue weighted by molar-refractivity contribution is 5.87. The Kier molecular flexibility index (Phi) is 3.88. The largest absolute Gasteiger partial charge is 0.478 e. The van der Waals surface area contributed by atoms with Gasteiger partial charge in [-0.1, -0.05) is 12.1 Å². The summed E-state index contributed by atoms with van der Waals surface area (Å²) in [5.74, 6) is -0.855. The number of carbonyl (C=O) groups excluding carboxylic acids is 1. The van der Waals surface area contributed by atoms with Gasteiger partial charge in [0.15, 0.2) is 0 Å². The van der Waals surface area contributed by atoms with E-state index in [1.165, 1.54) is 6.42 Å². The lowest BCUT2D eigenvalue weighted by Crippen LogP contribution is -2.50. The molecular formula is C15H19NO3. The first-order valence-electron chi connectivity index (χ1n) is 6.62. The molecular weight excluding hydrogens is 242 g/mol. The van der Waals surface area contributed by atoms with Crippen LogP contribution < -0.4 is 5.32 Å². The molecule has 0 heterocycles. The summed E-state index contributed by atoms with van der Waals surface area (Å²) in [6, 6.07) is 6.68. The van der Waals surface area contributed by atoms with Crippen LogP contribution in [0.3, 0.4) is 0 Å². The number of carbonyl (C=O) groups is 2. The van der Waals surface area contributed by atoms with E-state index >= 15 is 0 Å². The van der Waals surface area contributed by atoms with E-state index in [1.807, 2.05) is 0 Å². The van der Waals surface area contributed by atoms with Gasteiger partial charge in [0.05, 0.1) is 5.56 Å². The van der Waals surface area contributed by atoms with Crippen molar-refractivity contribution >= 4 is 11.9 Å². The lowest BCUT2D eigenvalue weighted by molar-refractivity contribution is -0.123. The molecule has 102 valence electrons. The highest BCUT2D eigenvalue weighted by Gasteiger charge is 2.32. The molecule has 1 aliphatic carbocycles. The Balaban J connectivity index is 1.81. The maximum atomic E-state index is 11.8. The zero-order valence-corrected chi connectivity index (χ0v) is 11.1. The third-order valence-corrected chi connectivity index (χ3v) is 3.74. The Morgan fingerprint density at radius 2 is 1.89 bits per heavy atom. The summed E-state index contributed by atoms with van der Waals surface area (Å²) in [4.78, 5) is 22.5. The Labute approximate surface area is 112 Å². The quantitative estimate of drug-likeness (QED) is 0.855. The number of nitrogens with one attached hydrogen (secondary N) is 1. The summed E-state index contributed by atoms with van der Waals surface area (Å²) in [5.41, 5.74) is 1.26. The maximum absolute atomic E-state index is 11.8. The van der Waals surface area contributed by atoms with Crippen molar-refractivity contribution in [3.8, 4) is 0 Å². The van der Waals surface area contributed by atoms with Gasteiger partial charge in [0.2, 0.25) is 5.91 Å². The molecule has 4 nitrogen and oxygen atoms in total. The molecule has 1 aromatic rings. The number of hydrogen-bond donors (Lipinski definition) is 2. The lowest BCUT2D eigenvalue weighted by Gasteiger charge is -2.39. The second-order valence-electron chi connectivity index (χ2n) is 5.46. The average molecular weight is 261 g/mol. The van der Waals surface area contributed by atoms with Crippen LogP contribution in [0, 0.1) is 0 Å². The number of amides is 1. The highest BCUT2D eigenvalue weighted by Crippen LogP contribution is 2.30. The van der Waals surface area contributed by atoms with E-state index in [0.29, 0.717) is 12.8 Å². The first-order valence-corrected chi connectivity index (χ1v) is 6.62. The zero-order chi connectivity index (χ0) is 13.9. The summed E-state index contributed by atoms with van der Waals surface area (Å²) < 4.78 is 0. The van der Waals surface area contributed by atoms with Crippen LogP contribution >= 0.6 is 0 Å². The van der Waals surface area contributed by atoms with E-state index in [0.717, 1.165) is 18.4 Å². The SMILES string of the molecule is CC1(NC(=O)CCc2ccc(C(=O)O)cc2)CCC1. The molecule has 1 saturated carbocycles. The van der Waals surface area contributed by atoms with Crippen LogP contribution in [0.2, 0.25) is 0 Å². The van der Waals surface area contributed by atoms with Gasteiger partial charge in [-0.15, -0.1) is 0 Å². The molecule has 1 fully saturated rings. The summed E-state index contributed by atoms with van der Waals surface area (Å²) >= 11 is 0. The number of carboxylic acids is 1. The number of hydrogen-bond acceptors (Lipinski definition) is 2. The molecule has 4 heteroatoms. The lowest BCUT2D eigenvalue weighted by atomic mass is 9.78.